The molecule has 0 saturated carbocycles. The van der Waals surface area contributed by atoms with Gasteiger partial charge in [-0.1, -0.05) is 36.0 Å². The van der Waals surface area contributed by atoms with Crippen LogP contribution >= 0.6 is 11.8 Å². The van der Waals surface area contributed by atoms with Crippen LogP contribution in [0.4, 0.5) is 5.69 Å². The number of carbonyl (C=O) groups is 2. The fourth-order valence-corrected chi connectivity index (χ4v) is 3.23. The Bertz CT molecular complexity index is 958. The van der Waals surface area contributed by atoms with Crippen LogP contribution in [0.5, 0.6) is 0 Å². The van der Waals surface area contributed by atoms with E-state index in [1.807, 2.05) is 31.2 Å². The van der Waals surface area contributed by atoms with E-state index in [1.165, 1.54) is 18.9 Å². The van der Waals surface area contributed by atoms with Crippen LogP contribution in [-0.2, 0) is 9.53 Å². The van der Waals surface area contributed by atoms with Crippen LogP contribution in [-0.4, -0.2) is 34.9 Å². The number of anilines is 1. The topological polar surface area (TPSA) is 81.2 Å². The summed E-state index contributed by atoms with van der Waals surface area (Å²) < 4.78 is 4.65. The first-order valence-electron chi connectivity index (χ1n) is 7.91. The maximum atomic E-state index is 12.2. The predicted molar refractivity (Wildman–Crippen MR) is 101 cm³/mol. The lowest BCUT2D eigenvalue weighted by molar-refractivity contribution is -0.113. The number of nitrogens with one attached hydrogen (secondary N) is 1. The summed E-state index contributed by atoms with van der Waals surface area (Å²) in [5, 5.41) is 13.9. The number of fused-ring (bicyclic) bond motifs is 1. The van der Waals surface area contributed by atoms with E-state index in [0.717, 1.165) is 21.5 Å². The van der Waals surface area contributed by atoms with Gasteiger partial charge in [-0.3, -0.25) is 4.79 Å². The fraction of sp³-hybridized carbons (Fsp3) is 0.158. The lowest BCUT2D eigenvalue weighted by Crippen LogP contribution is -2.14. The number of hydrogen-bond donors (Lipinski definition) is 1. The molecule has 0 aliphatic rings. The lowest BCUT2D eigenvalue weighted by Gasteiger charge is -2.08. The van der Waals surface area contributed by atoms with E-state index in [1.54, 1.807) is 24.3 Å². The Morgan fingerprint density at radius 3 is 2.42 bits per heavy atom. The zero-order valence-electron chi connectivity index (χ0n) is 14.4. The van der Waals surface area contributed by atoms with E-state index >= 15 is 0 Å². The van der Waals surface area contributed by atoms with Crippen LogP contribution in [0.2, 0.25) is 0 Å². The number of amides is 1. The Labute approximate surface area is 155 Å². The average molecular weight is 367 g/mol. The lowest BCUT2D eigenvalue weighted by atomic mass is 10.1. The molecule has 6 nitrogen and oxygen atoms in total. The van der Waals surface area contributed by atoms with E-state index < -0.39 is 5.97 Å². The highest BCUT2D eigenvalue weighted by Gasteiger charge is 2.10. The number of esters is 1. The summed E-state index contributed by atoms with van der Waals surface area (Å²) in [6, 6.07) is 14.4. The standard InChI is InChI=1S/C19H17N3O3S/c1-12-15-5-3-4-6-16(15)18(22-21-12)26-11-17(23)20-14-9-7-13(8-10-14)19(24)25-2/h3-10H,11H2,1-2H3,(H,20,23). The molecule has 7 heteroatoms. The largest absolute Gasteiger partial charge is 0.465 e. The SMILES string of the molecule is COC(=O)c1ccc(NC(=O)CSc2nnc(C)c3ccccc23)cc1. The van der Waals surface area contributed by atoms with E-state index in [-0.39, 0.29) is 11.7 Å². The van der Waals surface area contributed by atoms with Crippen molar-refractivity contribution >= 4 is 40.1 Å². The summed E-state index contributed by atoms with van der Waals surface area (Å²) in [7, 11) is 1.33. The van der Waals surface area contributed by atoms with Crippen molar-refractivity contribution < 1.29 is 14.3 Å². The van der Waals surface area contributed by atoms with Gasteiger partial charge in [0, 0.05) is 16.5 Å². The maximum absolute atomic E-state index is 12.2. The number of carbonyl (C=O) groups excluding carboxylic acids is 2. The van der Waals surface area contributed by atoms with Gasteiger partial charge in [0.1, 0.15) is 5.03 Å². The molecular formula is C19H17N3O3S. The van der Waals surface area contributed by atoms with Gasteiger partial charge in [-0.15, -0.1) is 5.10 Å². The minimum Gasteiger partial charge on any atom is -0.465 e. The molecule has 0 saturated heterocycles. The van der Waals surface area contributed by atoms with Crippen molar-refractivity contribution in [2.45, 2.75) is 11.9 Å². The normalized spacial score (nSPS) is 10.5. The smallest absolute Gasteiger partial charge is 0.337 e. The van der Waals surface area contributed by atoms with Gasteiger partial charge >= 0.3 is 5.97 Å². The van der Waals surface area contributed by atoms with Crippen molar-refractivity contribution in [3.05, 3.63) is 59.8 Å². The molecule has 0 unspecified atom stereocenters. The van der Waals surface area contributed by atoms with Crippen molar-refractivity contribution in [1.82, 2.24) is 10.2 Å². The molecule has 3 rings (SSSR count). The van der Waals surface area contributed by atoms with Crippen LogP contribution in [0.3, 0.4) is 0 Å². The van der Waals surface area contributed by atoms with Gasteiger partial charge in [-0.25, -0.2) is 4.79 Å². The van der Waals surface area contributed by atoms with Crippen LogP contribution in [0.1, 0.15) is 16.1 Å². The first kappa shape index (κ1) is 17.9. The number of rotatable bonds is 5. The number of hydrogen-bond acceptors (Lipinski definition) is 6. The molecule has 26 heavy (non-hydrogen) atoms. The second kappa shape index (κ2) is 7.97. The molecule has 1 amide bonds. The molecule has 1 aromatic heterocycles. The van der Waals surface area contributed by atoms with Gasteiger partial charge in [0.15, 0.2) is 0 Å². The molecule has 0 atom stereocenters. The predicted octanol–water partition coefficient (Wildman–Crippen LogP) is 3.46. The molecule has 0 aliphatic heterocycles. The first-order valence-corrected chi connectivity index (χ1v) is 8.90. The summed E-state index contributed by atoms with van der Waals surface area (Å²) in [5.41, 5.74) is 1.91. The third kappa shape index (κ3) is 4.00. The quantitative estimate of drug-likeness (QED) is 0.549. The molecule has 0 bridgehead atoms. The number of methoxy groups -OCH3 is 1. The van der Waals surface area contributed by atoms with Crippen molar-refractivity contribution in [3.63, 3.8) is 0 Å². The number of ether oxygens (including phenoxy) is 1. The Balaban J connectivity index is 1.64. The molecule has 0 spiro atoms. The zero-order valence-corrected chi connectivity index (χ0v) is 15.2. The van der Waals surface area contributed by atoms with E-state index in [2.05, 4.69) is 20.3 Å². The number of aryl methyl sites for hydroxylation is 1. The Hall–Kier alpha value is -2.93. The monoisotopic (exact) mass is 367 g/mol. The second-order valence-corrected chi connectivity index (χ2v) is 6.51. The molecule has 0 aliphatic carbocycles. The van der Waals surface area contributed by atoms with Crippen LogP contribution in [0.15, 0.2) is 53.6 Å². The van der Waals surface area contributed by atoms with Crippen molar-refractivity contribution in [2.24, 2.45) is 0 Å². The van der Waals surface area contributed by atoms with Crippen LogP contribution in [0.25, 0.3) is 10.8 Å². The molecule has 2 aromatic carbocycles. The molecule has 132 valence electrons. The van der Waals surface area contributed by atoms with Crippen molar-refractivity contribution in [3.8, 4) is 0 Å². The summed E-state index contributed by atoms with van der Waals surface area (Å²) in [4.78, 5) is 23.6. The van der Waals surface area contributed by atoms with Gasteiger partial charge in [-0.05, 0) is 31.2 Å². The van der Waals surface area contributed by atoms with Crippen molar-refractivity contribution in [2.75, 3.05) is 18.2 Å². The van der Waals surface area contributed by atoms with E-state index in [9.17, 15) is 9.59 Å². The van der Waals surface area contributed by atoms with E-state index in [0.29, 0.717) is 11.3 Å². The summed E-state index contributed by atoms with van der Waals surface area (Å²) in [5.74, 6) is -0.365. The van der Waals surface area contributed by atoms with Gasteiger partial charge in [0.05, 0.1) is 24.1 Å². The summed E-state index contributed by atoms with van der Waals surface area (Å²) in [6.07, 6.45) is 0. The number of thioether (sulfide) groups is 1. The third-order valence-electron chi connectivity index (χ3n) is 3.77. The van der Waals surface area contributed by atoms with Crippen LogP contribution in [0, 0.1) is 6.92 Å². The molecule has 0 fully saturated rings. The molecular weight excluding hydrogens is 350 g/mol. The van der Waals surface area contributed by atoms with Gasteiger partial charge in [0.2, 0.25) is 5.91 Å². The van der Waals surface area contributed by atoms with Gasteiger partial charge in [-0.2, -0.15) is 5.10 Å². The minimum atomic E-state index is -0.414. The highest BCUT2D eigenvalue weighted by Crippen LogP contribution is 2.26. The molecule has 1 N–H and O–H groups in total. The first-order chi connectivity index (χ1) is 12.6. The summed E-state index contributed by atoms with van der Waals surface area (Å²) in [6.45, 7) is 1.91. The number of nitrogens with zero attached hydrogens (tertiary/aromatic N) is 2. The number of aromatic nitrogens is 2. The maximum Gasteiger partial charge on any atom is 0.337 e. The highest BCUT2D eigenvalue weighted by atomic mass is 32.2. The van der Waals surface area contributed by atoms with E-state index in [4.69, 9.17) is 0 Å². The molecule has 3 aromatic rings. The van der Waals surface area contributed by atoms with Crippen molar-refractivity contribution in [1.29, 1.82) is 0 Å². The Morgan fingerprint density at radius 2 is 1.73 bits per heavy atom. The average Bonchev–Trinajstić information content (AvgIpc) is 2.67. The fourth-order valence-electron chi connectivity index (χ4n) is 2.46. The third-order valence-corrected chi connectivity index (χ3v) is 4.75. The Morgan fingerprint density at radius 1 is 1.04 bits per heavy atom. The number of benzene rings is 2. The Kier molecular flexibility index (Phi) is 5.48. The zero-order chi connectivity index (χ0) is 18.5. The van der Waals surface area contributed by atoms with Crippen LogP contribution < -0.4 is 5.32 Å². The highest BCUT2D eigenvalue weighted by molar-refractivity contribution is 8.00. The van der Waals surface area contributed by atoms with Gasteiger partial charge < -0.3 is 10.1 Å². The second-order valence-electron chi connectivity index (χ2n) is 5.54. The summed E-state index contributed by atoms with van der Waals surface area (Å²) >= 11 is 1.34. The molecule has 1 heterocycles. The minimum absolute atomic E-state index is 0.160. The molecule has 0 radical (unpaired) electrons. The van der Waals surface area contributed by atoms with Gasteiger partial charge in [0.25, 0.3) is 0 Å².